The van der Waals surface area contributed by atoms with Gasteiger partial charge in [-0.3, -0.25) is 4.57 Å². The van der Waals surface area contributed by atoms with Crippen molar-refractivity contribution in [3.05, 3.63) is 78.4 Å². The number of ether oxygens (including phenoxy) is 1. The molecule has 0 aliphatic carbocycles. The Morgan fingerprint density at radius 3 is 2.25 bits per heavy atom. The number of rotatable bonds is 4. The summed E-state index contributed by atoms with van der Waals surface area (Å²) >= 11 is 0. The van der Waals surface area contributed by atoms with Gasteiger partial charge in [0.15, 0.2) is 5.82 Å². The molecule has 0 aliphatic rings. The number of para-hydroxylation sites is 1. The van der Waals surface area contributed by atoms with Crippen LogP contribution in [0.2, 0.25) is 0 Å². The average molecular weight is 265 g/mol. The molecule has 1 aromatic heterocycles. The molecule has 0 amide bonds. The minimum Gasteiger partial charge on any atom is -0.369 e. The third-order valence-corrected chi connectivity index (χ3v) is 3.18. The summed E-state index contributed by atoms with van der Waals surface area (Å²) in [6, 6.07) is 20.0. The first kappa shape index (κ1) is 12.6. The van der Waals surface area contributed by atoms with Crippen LogP contribution >= 0.6 is 0 Å². The lowest BCUT2D eigenvalue weighted by Gasteiger charge is -2.16. The topological polar surface area (TPSA) is 39.9 Å². The highest BCUT2D eigenvalue weighted by Gasteiger charge is 2.20. The van der Waals surface area contributed by atoms with Gasteiger partial charge in [0.1, 0.15) is 12.4 Å². The van der Waals surface area contributed by atoms with Crippen molar-refractivity contribution in [1.29, 1.82) is 0 Å². The van der Waals surface area contributed by atoms with Crippen LogP contribution in [0.25, 0.3) is 5.69 Å². The summed E-state index contributed by atoms with van der Waals surface area (Å²) in [5, 5.41) is 8.25. The van der Waals surface area contributed by atoms with Crippen LogP contribution in [0, 0.1) is 0 Å². The summed E-state index contributed by atoms with van der Waals surface area (Å²) in [5.41, 5.74) is 2.07. The molecule has 0 bridgehead atoms. The Morgan fingerprint density at radius 2 is 1.60 bits per heavy atom. The quantitative estimate of drug-likeness (QED) is 0.728. The first-order valence-electron chi connectivity index (χ1n) is 6.43. The molecular formula is C16H15N3O. The first-order chi connectivity index (χ1) is 9.90. The molecule has 0 radical (unpaired) electrons. The van der Waals surface area contributed by atoms with Crippen molar-refractivity contribution in [3.63, 3.8) is 0 Å². The summed E-state index contributed by atoms with van der Waals surface area (Å²) in [6.45, 7) is 0. The summed E-state index contributed by atoms with van der Waals surface area (Å²) in [6.07, 6.45) is 1.47. The number of benzene rings is 2. The van der Waals surface area contributed by atoms with Gasteiger partial charge in [-0.05, 0) is 17.7 Å². The van der Waals surface area contributed by atoms with E-state index in [9.17, 15) is 0 Å². The summed E-state index contributed by atoms with van der Waals surface area (Å²) < 4.78 is 7.57. The Morgan fingerprint density at radius 1 is 0.950 bits per heavy atom. The van der Waals surface area contributed by atoms with E-state index in [0.29, 0.717) is 0 Å². The van der Waals surface area contributed by atoms with E-state index in [2.05, 4.69) is 10.2 Å². The molecule has 100 valence electrons. The second-order valence-electron chi connectivity index (χ2n) is 4.42. The van der Waals surface area contributed by atoms with E-state index >= 15 is 0 Å². The van der Waals surface area contributed by atoms with Crippen LogP contribution in [-0.4, -0.2) is 21.9 Å². The van der Waals surface area contributed by atoms with E-state index in [1.54, 1.807) is 13.4 Å². The number of aromatic nitrogens is 3. The second-order valence-corrected chi connectivity index (χ2v) is 4.42. The van der Waals surface area contributed by atoms with Gasteiger partial charge in [-0.1, -0.05) is 48.5 Å². The van der Waals surface area contributed by atoms with E-state index in [4.69, 9.17) is 4.74 Å². The lowest BCUT2D eigenvalue weighted by Crippen LogP contribution is -2.10. The molecule has 20 heavy (non-hydrogen) atoms. The smallest absolute Gasteiger partial charge is 0.171 e. The van der Waals surface area contributed by atoms with Gasteiger partial charge < -0.3 is 4.74 Å². The van der Waals surface area contributed by atoms with Crippen LogP contribution in [0.4, 0.5) is 0 Å². The predicted molar refractivity (Wildman–Crippen MR) is 76.7 cm³/mol. The van der Waals surface area contributed by atoms with Crippen molar-refractivity contribution in [2.45, 2.75) is 6.10 Å². The fourth-order valence-electron chi connectivity index (χ4n) is 2.23. The Balaban J connectivity index is 2.04. The second kappa shape index (κ2) is 5.67. The minimum absolute atomic E-state index is 0.237. The molecule has 3 rings (SSSR count). The number of hydrogen-bond acceptors (Lipinski definition) is 3. The Labute approximate surface area is 117 Å². The molecule has 4 nitrogen and oxygen atoms in total. The number of nitrogens with zero attached hydrogens (tertiary/aromatic N) is 3. The zero-order valence-electron chi connectivity index (χ0n) is 11.2. The molecule has 2 aromatic carbocycles. The highest BCUT2D eigenvalue weighted by molar-refractivity contribution is 5.34. The lowest BCUT2D eigenvalue weighted by molar-refractivity contribution is 0.127. The van der Waals surface area contributed by atoms with Gasteiger partial charge in [0.2, 0.25) is 0 Å². The van der Waals surface area contributed by atoms with Crippen LogP contribution < -0.4 is 0 Å². The van der Waals surface area contributed by atoms with Crippen LogP contribution in [-0.2, 0) is 4.74 Å². The Hall–Kier alpha value is -2.46. The van der Waals surface area contributed by atoms with E-state index in [1.807, 2.05) is 65.2 Å². The van der Waals surface area contributed by atoms with Crippen molar-refractivity contribution < 1.29 is 4.74 Å². The van der Waals surface area contributed by atoms with Crippen molar-refractivity contribution in [2.24, 2.45) is 0 Å². The molecule has 4 heteroatoms. The van der Waals surface area contributed by atoms with Gasteiger partial charge in [-0.25, -0.2) is 0 Å². The molecule has 0 aliphatic heterocycles. The normalized spacial score (nSPS) is 12.2. The van der Waals surface area contributed by atoms with E-state index < -0.39 is 0 Å². The largest absolute Gasteiger partial charge is 0.369 e. The first-order valence-corrected chi connectivity index (χ1v) is 6.43. The highest BCUT2D eigenvalue weighted by Crippen LogP contribution is 2.25. The standard InChI is InChI=1S/C16H15N3O/c1-20-15(13-8-4-2-5-9-13)16-18-17-12-19(16)14-10-6-3-7-11-14/h2-12,15H,1H3. The highest BCUT2D eigenvalue weighted by atomic mass is 16.5. The molecule has 0 fully saturated rings. The van der Waals surface area contributed by atoms with Gasteiger partial charge in [-0.2, -0.15) is 0 Å². The Bertz CT molecular complexity index is 664. The van der Waals surface area contributed by atoms with Crippen molar-refractivity contribution in [1.82, 2.24) is 14.8 Å². The van der Waals surface area contributed by atoms with E-state index in [-0.39, 0.29) is 6.10 Å². The Kier molecular flexibility index (Phi) is 3.56. The van der Waals surface area contributed by atoms with E-state index in [0.717, 1.165) is 17.1 Å². The van der Waals surface area contributed by atoms with Crippen LogP contribution in [0.1, 0.15) is 17.5 Å². The molecule has 0 N–H and O–H groups in total. The maximum absolute atomic E-state index is 5.62. The molecule has 3 aromatic rings. The average Bonchev–Trinajstić information content (AvgIpc) is 2.99. The molecule has 0 saturated heterocycles. The molecule has 1 atom stereocenters. The van der Waals surface area contributed by atoms with Gasteiger partial charge in [0.25, 0.3) is 0 Å². The fraction of sp³-hybridized carbons (Fsp3) is 0.125. The van der Waals surface area contributed by atoms with Crippen LogP contribution in [0.3, 0.4) is 0 Å². The van der Waals surface area contributed by atoms with Crippen molar-refractivity contribution in [3.8, 4) is 5.69 Å². The van der Waals surface area contributed by atoms with Crippen LogP contribution in [0.5, 0.6) is 0 Å². The summed E-state index contributed by atoms with van der Waals surface area (Å²) in [4.78, 5) is 0. The van der Waals surface area contributed by atoms with Crippen LogP contribution in [0.15, 0.2) is 67.0 Å². The number of hydrogen-bond donors (Lipinski definition) is 0. The molecule has 0 saturated carbocycles. The van der Waals surface area contributed by atoms with Gasteiger partial charge in [0, 0.05) is 12.8 Å². The maximum atomic E-state index is 5.62. The SMILES string of the molecule is COC(c1ccccc1)c1nncn1-c1ccccc1. The van der Waals surface area contributed by atoms with Crippen molar-refractivity contribution >= 4 is 0 Å². The van der Waals surface area contributed by atoms with Gasteiger partial charge in [-0.15, -0.1) is 10.2 Å². The molecule has 1 unspecified atom stereocenters. The van der Waals surface area contributed by atoms with Gasteiger partial charge in [0.05, 0.1) is 0 Å². The predicted octanol–water partition coefficient (Wildman–Crippen LogP) is 3.00. The number of methoxy groups -OCH3 is 1. The third kappa shape index (κ3) is 2.33. The molecular weight excluding hydrogens is 250 g/mol. The minimum atomic E-state index is -0.237. The zero-order chi connectivity index (χ0) is 13.8. The monoisotopic (exact) mass is 265 g/mol. The van der Waals surface area contributed by atoms with E-state index in [1.165, 1.54) is 0 Å². The molecule has 1 heterocycles. The van der Waals surface area contributed by atoms with Crippen molar-refractivity contribution in [2.75, 3.05) is 7.11 Å². The maximum Gasteiger partial charge on any atom is 0.171 e. The summed E-state index contributed by atoms with van der Waals surface area (Å²) in [5.74, 6) is 0.768. The zero-order valence-corrected chi connectivity index (χ0v) is 11.2. The molecule has 0 spiro atoms. The summed E-state index contributed by atoms with van der Waals surface area (Å²) in [7, 11) is 1.68. The third-order valence-electron chi connectivity index (χ3n) is 3.18. The lowest BCUT2D eigenvalue weighted by atomic mass is 10.1. The van der Waals surface area contributed by atoms with Gasteiger partial charge >= 0.3 is 0 Å². The fourth-order valence-corrected chi connectivity index (χ4v) is 2.23.